The van der Waals surface area contributed by atoms with Crippen LogP contribution in [0.1, 0.15) is 26.6 Å². The number of hydrogen-bond donors (Lipinski definition) is 0. The van der Waals surface area contributed by atoms with E-state index < -0.39 is 5.41 Å². The summed E-state index contributed by atoms with van der Waals surface area (Å²) < 4.78 is 7.30. The summed E-state index contributed by atoms with van der Waals surface area (Å²) in [5, 5.41) is 1.05. The second-order valence-corrected chi connectivity index (χ2v) is 6.36. The summed E-state index contributed by atoms with van der Waals surface area (Å²) in [7, 11) is 0. The zero-order chi connectivity index (χ0) is 16.6. The SMILES string of the molecule is CCOC(=O)C(C)(C)Cn1c(C)nc2cnc3ccccc3c21. The van der Waals surface area contributed by atoms with Gasteiger partial charge in [-0.3, -0.25) is 9.78 Å². The number of benzene rings is 1. The molecule has 0 saturated heterocycles. The summed E-state index contributed by atoms with van der Waals surface area (Å²) >= 11 is 0. The van der Waals surface area contributed by atoms with Gasteiger partial charge in [-0.1, -0.05) is 18.2 Å². The second-order valence-electron chi connectivity index (χ2n) is 6.36. The third-order valence-corrected chi connectivity index (χ3v) is 4.05. The molecule has 5 heteroatoms. The molecule has 3 rings (SSSR count). The van der Waals surface area contributed by atoms with Crippen molar-refractivity contribution in [3.63, 3.8) is 0 Å². The third-order valence-electron chi connectivity index (χ3n) is 4.05. The predicted molar refractivity (Wildman–Crippen MR) is 90.2 cm³/mol. The van der Waals surface area contributed by atoms with Gasteiger partial charge >= 0.3 is 5.97 Å². The molecule has 0 radical (unpaired) electrons. The van der Waals surface area contributed by atoms with Gasteiger partial charge in [0.15, 0.2) is 0 Å². The topological polar surface area (TPSA) is 57.0 Å². The molecular formula is C18H21N3O2. The van der Waals surface area contributed by atoms with Gasteiger partial charge in [-0.25, -0.2) is 4.98 Å². The average molecular weight is 311 g/mol. The molecule has 2 aromatic heterocycles. The maximum atomic E-state index is 12.2. The quantitative estimate of drug-likeness (QED) is 0.692. The maximum absolute atomic E-state index is 12.2. The van der Waals surface area contributed by atoms with Crippen LogP contribution in [-0.2, 0) is 16.1 Å². The van der Waals surface area contributed by atoms with E-state index in [1.807, 2.05) is 52.0 Å². The van der Waals surface area contributed by atoms with Gasteiger partial charge in [0.1, 0.15) is 11.3 Å². The van der Waals surface area contributed by atoms with Crippen molar-refractivity contribution in [3.05, 3.63) is 36.3 Å². The number of carbonyl (C=O) groups excluding carboxylic acids is 1. The number of para-hydroxylation sites is 1. The fraction of sp³-hybridized carbons (Fsp3) is 0.389. The molecule has 0 aliphatic heterocycles. The lowest BCUT2D eigenvalue weighted by Gasteiger charge is -2.24. The zero-order valence-corrected chi connectivity index (χ0v) is 14.0. The monoisotopic (exact) mass is 311 g/mol. The first-order valence-corrected chi connectivity index (χ1v) is 7.82. The van der Waals surface area contributed by atoms with Crippen LogP contribution in [0.4, 0.5) is 0 Å². The van der Waals surface area contributed by atoms with E-state index in [4.69, 9.17) is 4.74 Å². The Bertz CT molecular complexity index is 880. The van der Waals surface area contributed by atoms with E-state index in [0.29, 0.717) is 13.2 Å². The van der Waals surface area contributed by atoms with Crippen molar-refractivity contribution in [3.8, 4) is 0 Å². The zero-order valence-electron chi connectivity index (χ0n) is 14.0. The first-order valence-electron chi connectivity index (χ1n) is 7.82. The first kappa shape index (κ1) is 15.5. The highest BCUT2D eigenvalue weighted by atomic mass is 16.5. The number of ether oxygens (including phenoxy) is 1. The van der Waals surface area contributed by atoms with Gasteiger partial charge in [0.2, 0.25) is 0 Å². The van der Waals surface area contributed by atoms with Crippen molar-refractivity contribution in [2.75, 3.05) is 6.61 Å². The normalized spacial score (nSPS) is 12.0. The molecule has 0 aliphatic rings. The van der Waals surface area contributed by atoms with Crippen molar-refractivity contribution in [1.29, 1.82) is 0 Å². The van der Waals surface area contributed by atoms with Gasteiger partial charge in [0.05, 0.1) is 29.3 Å². The lowest BCUT2D eigenvalue weighted by Crippen LogP contribution is -2.31. The molecule has 0 aliphatic carbocycles. The number of nitrogens with zero attached hydrogens (tertiary/aromatic N) is 3. The Morgan fingerprint density at radius 1 is 1.26 bits per heavy atom. The van der Waals surface area contributed by atoms with Crippen molar-refractivity contribution < 1.29 is 9.53 Å². The smallest absolute Gasteiger partial charge is 0.313 e. The summed E-state index contributed by atoms with van der Waals surface area (Å²) in [5.41, 5.74) is 2.17. The van der Waals surface area contributed by atoms with Crippen LogP contribution in [0.3, 0.4) is 0 Å². The fourth-order valence-corrected chi connectivity index (χ4v) is 2.86. The van der Waals surface area contributed by atoms with E-state index in [0.717, 1.165) is 27.8 Å². The number of aromatic nitrogens is 3. The molecular weight excluding hydrogens is 290 g/mol. The van der Waals surface area contributed by atoms with Gasteiger partial charge in [0, 0.05) is 11.9 Å². The number of aryl methyl sites for hydroxylation is 1. The molecule has 1 aromatic carbocycles. The number of imidazole rings is 1. The van der Waals surface area contributed by atoms with Gasteiger partial charge in [-0.2, -0.15) is 0 Å². The van der Waals surface area contributed by atoms with Gasteiger partial charge in [0.25, 0.3) is 0 Å². The van der Waals surface area contributed by atoms with Gasteiger partial charge < -0.3 is 9.30 Å². The van der Waals surface area contributed by atoms with Crippen LogP contribution in [0.5, 0.6) is 0 Å². The third kappa shape index (κ3) is 2.67. The number of hydrogen-bond acceptors (Lipinski definition) is 4. The molecule has 0 N–H and O–H groups in total. The van der Waals surface area contributed by atoms with Crippen molar-refractivity contribution in [2.24, 2.45) is 5.41 Å². The van der Waals surface area contributed by atoms with Crippen molar-refractivity contribution in [1.82, 2.24) is 14.5 Å². The van der Waals surface area contributed by atoms with E-state index in [1.165, 1.54) is 0 Å². The average Bonchev–Trinajstić information content (AvgIpc) is 2.83. The van der Waals surface area contributed by atoms with Gasteiger partial charge in [-0.15, -0.1) is 0 Å². The molecule has 0 unspecified atom stereocenters. The van der Waals surface area contributed by atoms with Crippen LogP contribution in [-0.4, -0.2) is 27.1 Å². The van der Waals surface area contributed by atoms with Crippen LogP contribution in [0, 0.1) is 12.3 Å². The van der Waals surface area contributed by atoms with Crippen LogP contribution < -0.4 is 0 Å². The summed E-state index contributed by atoms with van der Waals surface area (Å²) in [6.07, 6.45) is 1.79. The Hall–Kier alpha value is -2.43. The van der Waals surface area contributed by atoms with Crippen molar-refractivity contribution >= 4 is 27.9 Å². The Labute approximate surface area is 135 Å². The molecule has 0 fully saturated rings. The first-order chi connectivity index (χ1) is 10.9. The van der Waals surface area contributed by atoms with E-state index in [2.05, 4.69) is 14.5 Å². The Balaban J connectivity index is 2.15. The standard InChI is InChI=1S/C18H21N3O2/c1-5-23-17(22)18(3,4)11-21-12(2)20-15-10-19-14-9-7-6-8-13(14)16(15)21/h6-10H,5,11H2,1-4H3. The number of pyridine rings is 1. The highest BCUT2D eigenvalue weighted by Gasteiger charge is 2.31. The van der Waals surface area contributed by atoms with E-state index in [9.17, 15) is 4.79 Å². The Morgan fingerprint density at radius 2 is 2.00 bits per heavy atom. The number of carbonyl (C=O) groups is 1. The minimum absolute atomic E-state index is 0.195. The van der Waals surface area contributed by atoms with Crippen LogP contribution in [0.25, 0.3) is 21.9 Å². The lowest BCUT2D eigenvalue weighted by molar-refractivity contribution is -0.154. The molecule has 23 heavy (non-hydrogen) atoms. The van der Waals surface area contributed by atoms with E-state index in [1.54, 1.807) is 6.20 Å². The second kappa shape index (κ2) is 5.65. The van der Waals surface area contributed by atoms with E-state index in [-0.39, 0.29) is 5.97 Å². The molecule has 0 spiro atoms. The van der Waals surface area contributed by atoms with E-state index >= 15 is 0 Å². The molecule has 0 bridgehead atoms. The highest BCUT2D eigenvalue weighted by molar-refractivity contribution is 6.02. The molecule has 2 heterocycles. The molecule has 0 amide bonds. The molecule has 0 saturated carbocycles. The summed E-state index contributed by atoms with van der Waals surface area (Å²) in [6, 6.07) is 7.99. The molecule has 120 valence electrons. The number of fused-ring (bicyclic) bond motifs is 3. The highest BCUT2D eigenvalue weighted by Crippen LogP contribution is 2.28. The lowest BCUT2D eigenvalue weighted by atomic mass is 9.93. The molecule has 5 nitrogen and oxygen atoms in total. The Morgan fingerprint density at radius 3 is 2.74 bits per heavy atom. The summed E-state index contributed by atoms with van der Waals surface area (Å²) in [4.78, 5) is 21.3. The van der Waals surface area contributed by atoms with Gasteiger partial charge in [-0.05, 0) is 33.8 Å². The fourth-order valence-electron chi connectivity index (χ4n) is 2.86. The van der Waals surface area contributed by atoms with Crippen molar-refractivity contribution in [2.45, 2.75) is 34.2 Å². The molecule has 3 aromatic rings. The minimum Gasteiger partial charge on any atom is -0.466 e. The molecule has 0 atom stereocenters. The number of rotatable bonds is 4. The van der Waals surface area contributed by atoms with Crippen LogP contribution >= 0.6 is 0 Å². The predicted octanol–water partition coefficient (Wildman–Crippen LogP) is 3.48. The number of esters is 1. The Kier molecular flexibility index (Phi) is 3.80. The minimum atomic E-state index is -0.626. The summed E-state index contributed by atoms with van der Waals surface area (Å²) in [6.45, 7) is 8.49. The summed E-state index contributed by atoms with van der Waals surface area (Å²) in [5.74, 6) is 0.676. The largest absolute Gasteiger partial charge is 0.466 e. The maximum Gasteiger partial charge on any atom is 0.313 e. The van der Waals surface area contributed by atoms with Crippen LogP contribution in [0.15, 0.2) is 30.5 Å². The van der Waals surface area contributed by atoms with Crippen LogP contribution in [0.2, 0.25) is 0 Å².